The predicted molar refractivity (Wildman–Crippen MR) is 124 cm³/mol. The number of hydrogen-bond acceptors (Lipinski definition) is 7. The van der Waals surface area contributed by atoms with Crippen molar-refractivity contribution in [3.63, 3.8) is 0 Å². The summed E-state index contributed by atoms with van der Waals surface area (Å²) >= 11 is 6.26. The topological polar surface area (TPSA) is 98.2 Å². The van der Waals surface area contributed by atoms with E-state index in [2.05, 4.69) is 4.98 Å². The van der Waals surface area contributed by atoms with Crippen molar-refractivity contribution in [3.05, 3.63) is 58.4 Å². The van der Waals surface area contributed by atoms with Crippen LogP contribution in [0.4, 0.5) is 0 Å². The lowest BCUT2D eigenvalue weighted by atomic mass is 9.97. The van der Waals surface area contributed by atoms with E-state index in [9.17, 15) is 14.7 Å². The molecule has 1 aliphatic rings. The quantitative estimate of drug-likeness (QED) is 0.254. The van der Waals surface area contributed by atoms with Gasteiger partial charge in [-0.3, -0.25) is 14.6 Å². The summed E-state index contributed by atoms with van der Waals surface area (Å²) in [4.78, 5) is 31.8. The minimum absolute atomic E-state index is 0.0549. The highest BCUT2D eigenvalue weighted by atomic mass is 35.5. The van der Waals surface area contributed by atoms with Gasteiger partial charge in [0.05, 0.1) is 42.2 Å². The Balaban J connectivity index is 2.10. The summed E-state index contributed by atoms with van der Waals surface area (Å²) in [6, 6.07) is 7.28. The van der Waals surface area contributed by atoms with Crippen molar-refractivity contribution in [1.29, 1.82) is 0 Å². The van der Waals surface area contributed by atoms with Gasteiger partial charge < -0.3 is 24.2 Å². The Kier molecular flexibility index (Phi) is 7.94. The summed E-state index contributed by atoms with van der Waals surface area (Å²) in [5, 5.41) is 11.5. The smallest absolute Gasteiger partial charge is 0.295 e. The first-order chi connectivity index (χ1) is 15.8. The van der Waals surface area contributed by atoms with Crippen molar-refractivity contribution >= 4 is 29.1 Å². The maximum absolute atomic E-state index is 13.1. The molecule has 1 saturated heterocycles. The normalized spacial score (nSPS) is 17.6. The number of ether oxygens (including phenoxy) is 3. The van der Waals surface area contributed by atoms with Gasteiger partial charge in [0.15, 0.2) is 0 Å². The number of ketones is 1. The van der Waals surface area contributed by atoms with E-state index < -0.39 is 23.5 Å². The van der Waals surface area contributed by atoms with Crippen LogP contribution in [0.3, 0.4) is 0 Å². The van der Waals surface area contributed by atoms with Crippen LogP contribution in [0, 0.1) is 0 Å². The summed E-state index contributed by atoms with van der Waals surface area (Å²) < 4.78 is 16.2. The van der Waals surface area contributed by atoms with Crippen LogP contribution in [0.2, 0.25) is 5.02 Å². The van der Waals surface area contributed by atoms with Crippen molar-refractivity contribution < 1.29 is 28.9 Å². The van der Waals surface area contributed by atoms with E-state index in [1.165, 1.54) is 31.3 Å². The molecule has 2 aromatic rings. The summed E-state index contributed by atoms with van der Waals surface area (Å²) in [5.74, 6) is -1.33. The van der Waals surface area contributed by atoms with Gasteiger partial charge in [0.25, 0.3) is 11.7 Å². The van der Waals surface area contributed by atoms with Crippen molar-refractivity contribution in [3.8, 4) is 11.5 Å². The number of rotatable bonds is 9. The lowest BCUT2D eigenvalue weighted by molar-refractivity contribution is -0.140. The first-order valence-electron chi connectivity index (χ1n) is 10.5. The summed E-state index contributed by atoms with van der Waals surface area (Å²) in [6.07, 6.45) is 2.15. The Labute approximate surface area is 197 Å². The fraction of sp³-hybridized carbons (Fsp3) is 0.375. The predicted octanol–water partition coefficient (Wildman–Crippen LogP) is 3.99. The van der Waals surface area contributed by atoms with E-state index in [0.717, 1.165) is 0 Å². The number of hydrogen-bond donors (Lipinski definition) is 1. The molecule has 3 rings (SSSR count). The number of nitrogens with zero attached hydrogens (tertiary/aromatic N) is 2. The molecule has 1 unspecified atom stereocenters. The molecule has 1 aliphatic heterocycles. The number of benzene rings is 1. The first kappa shape index (κ1) is 24.5. The molecule has 1 aromatic carbocycles. The van der Waals surface area contributed by atoms with Crippen LogP contribution in [0.25, 0.3) is 5.76 Å². The summed E-state index contributed by atoms with van der Waals surface area (Å²) in [5.41, 5.74) is 0.551. The second-order valence-corrected chi connectivity index (χ2v) is 8.11. The number of methoxy groups -OCH3 is 2. The van der Waals surface area contributed by atoms with Gasteiger partial charge in [0, 0.05) is 25.4 Å². The first-order valence-corrected chi connectivity index (χ1v) is 10.9. The fourth-order valence-electron chi connectivity index (χ4n) is 3.70. The lowest BCUT2D eigenvalue weighted by Crippen LogP contribution is -2.31. The van der Waals surface area contributed by atoms with E-state index in [-0.39, 0.29) is 34.6 Å². The third kappa shape index (κ3) is 5.12. The second-order valence-electron chi connectivity index (χ2n) is 7.71. The SMILES string of the molecule is COc1cc(OC)c(/C(O)=C2\C(=O)C(=O)N(CCCOC(C)C)C2c2ccccn2)cc1Cl. The molecule has 0 radical (unpaired) electrons. The third-order valence-electron chi connectivity index (χ3n) is 5.23. The Hall–Kier alpha value is -3.10. The van der Waals surface area contributed by atoms with Crippen molar-refractivity contribution in [2.75, 3.05) is 27.4 Å². The van der Waals surface area contributed by atoms with Gasteiger partial charge in [-0.15, -0.1) is 0 Å². The van der Waals surface area contributed by atoms with Gasteiger partial charge in [-0.2, -0.15) is 0 Å². The number of amides is 1. The molecule has 1 amide bonds. The Morgan fingerprint density at radius 3 is 2.52 bits per heavy atom. The van der Waals surface area contributed by atoms with Gasteiger partial charge in [0.1, 0.15) is 23.3 Å². The van der Waals surface area contributed by atoms with Crippen LogP contribution >= 0.6 is 11.6 Å². The zero-order chi connectivity index (χ0) is 24.1. The van der Waals surface area contributed by atoms with Crippen LogP contribution in [0.5, 0.6) is 11.5 Å². The standard InChI is InChI=1S/C24H27ClN2O6/c1-14(2)33-11-7-10-27-21(17-8-5-6-9-26-17)20(23(29)24(27)30)22(28)15-12-16(25)19(32-4)13-18(15)31-3/h5-6,8-9,12-14,21,28H,7,10-11H2,1-4H3/b22-20+. The maximum Gasteiger partial charge on any atom is 0.295 e. The molecular formula is C24H27ClN2O6. The molecule has 8 nitrogen and oxygen atoms in total. The van der Waals surface area contributed by atoms with Crippen LogP contribution in [0.1, 0.15) is 37.6 Å². The molecule has 0 bridgehead atoms. The van der Waals surface area contributed by atoms with Gasteiger partial charge >= 0.3 is 0 Å². The van der Waals surface area contributed by atoms with Gasteiger partial charge in [0.2, 0.25) is 0 Å². The molecule has 33 heavy (non-hydrogen) atoms. The molecule has 0 aliphatic carbocycles. The molecule has 1 atom stereocenters. The number of Topliss-reactive ketones (excluding diaryl/α,β-unsaturated/α-hetero) is 1. The highest BCUT2D eigenvalue weighted by Crippen LogP contribution is 2.42. The zero-order valence-corrected chi connectivity index (χ0v) is 19.8. The molecule has 176 valence electrons. The van der Waals surface area contributed by atoms with Crippen LogP contribution < -0.4 is 9.47 Å². The van der Waals surface area contributed by atoms with E-state index in [0.29, 0.717) is 24.5 Å². The van der Waals surface area contributed by atoms with E-state index in [1.807, 2.05) is 13.8 Å². The zero-order valence-electron chi connectivity index (χ0n) is 19.0. The van der Waals surface area contributed by atoms with Crippen LogP contribution in [-0.4, -0.2) is 60.2 Å². The molecule has 0 saturated carbocycles. The van der Waals surface area contributed by atoms with Gasteiger partial charge in [-0.1, -0.05) is 17.7 Å². The number of carbonyl (C=O) groups is 2. The molecular weight excluding hydrogens is 448 g/mol. The van der Waals surface area contributed by atoms with Crippen molar-refractivity contribution in [2.24, 2.45) is 0 Å². The molecule has 2 heterocycles. The minimum Gasteiger partial charge on any atom is -0.507 e. The Bertz CT molecular complexity index is 1050. The van der Waals surface area contributed by atoms with E-state index >= 15 is 0 Å². The average Bonchev–Trinajstić information content (AvgIpc) is 3.06. The number of aliphatic hydroxyl groups is 1. The van der Waals surface area contributed by atoms with E-state index in [4.69, 9.17) is 25.8 Å². The number of halogens is 1. The summed E-state index contributed by atoms with van der Waals surface area (Å²) in [7, 11) is 2.87. The van der Waals surface area contributed by atoms with Crippen LogP contribution in [-0.2, 0) is 14.3 Å². The largest absolute Gasteiger partial charge is 0.507 e. The Morgan fingerprint density at radius 2 is 1.91 bits per heavy atom. The summed E-state index contributed by atoms with van der Waals surface area (Å²) in [6.45, 7) is 4.54. The Morgan fingerprint density at radius 1 is 1.18 bits per heavy atom. The average molecular weight is 475 g/mol. The highest BCUT2D eigenvalue weighted by molar-refractivity contribution is 6.46. The second kappa shape index (κ2) is 10.7. The minimum atomic E-state index is -0.865. The van der Waals surface area contributed by atoms with Crippen molar-refractivity contribution in [2.45, 2.75) is 32.4 Å². The maximum atomic E-state index is 13.1. The molecule has 1 N–H and O–H groups in total. The number of aliphatic hydroxyl groups excluding tert-OH is 1. The fourth-order valence-corrected chi connectivity index (χ4v) is 3.94. The monoisotopic (exact) mass is 474 g/mol. The molecule has 1 aromatic heterocycles. The lowest BCUT2D eigenvalue weighted by Gasteiger charge is -2.24. The van der Waals surface area contributed by atoms with Gasteiger partial charge in [-0.25, -0.2) is 0 Å². The number of carbonyl (C=O) groups excluding carboxylic acids is 2. The number of aromatic nitrogens is 1. The van der Waals surface area contributed by atoms with Gasteiger partial charge in [-0.05, 0) is 38.5 Å². The van der Waals surface area contributed by atoms with Crippen molar-refractivity contribution in [1.82, 2.24) is 9.88 Å². The number of pyridine rings is 1. The van der Waals surface area contributed by atoms with E-state index in [1.54, 1.807) is 24.4 Å². The molecule has 9 heteroatoms. The molecule has 0 spiro atoms. The van der Waals surface area contributed by atoms with Crippen LogP contribution in [0.15, 0.2) is 42.1 Å². The molecule has 1 fully saturated rings. The third-order valence-corrected chi connectivity index (χ3v) is 5.53. The number of likely N-dealkylation sites (tertiary alicyclic amines) is 1. The highest BCUT2D eigenvalue weighted by Gasteiger charge is 2.46.